The Morgan fingerprint density at radius 2 is 1.25 bits per heavy atom. The van der Waals surface area contributed by atoms with Crippen LogP contribution in [0.3, 0.4) is 0 Å². The zero-order valence-electron chi connectivity index (χ0n) is 30.8. The molecule has 2 aromatic carbocycles. The number of hydrogen-bond acceptors (Lipinski definition) is 7. The van der Waals surface area contributed by atoms with Gasteiger partial charge in [-0.25, -0.2) is 4.79 Å². The Balaban J connectivity index is 1.20. The molecule has 0 radical (unpaired) electrons. The van der Waals surface area contributed by atoms with Crippen LogP contribution in [-0.4, -0.2) is 78.0 Å². The van der Waals surface area contributed by atoms with Gasteiger partial charge in [0.1, 0.15) is 23.7 Å². The molecule has 0 saturated heterocycles. The lowest BCUT2D eigenvalue weighted by Gasteiger charge is -2.54. The van der Waals surface area contributed by atoms with Gasteiger partial charge >= 0.3 is 6.09 Å². The number of rotatable bonds is 16. The van der Waals surface area contributed by atoms with Gasteiger partial charge in [0, 0.05) is 18.9 Å². The average Bonchev–Trinajstić information content (AvgIpc) is 3.09. The summed E-state index contributed by atoms with van der Waals surface area (Å²) in [5, 5.41) is 14.3. The summed E-state index contributed by atoms with van der Waals surface area (Å²) in [5.41, 5.74) is 0.967. The van der Waals surface area contributed by atoms with E-state index in [0.717, 1.165) is 48.6 Å². The molecule has 282 valence electrons. The number of hydrogen-bond donors (Lipinski definition) is 5. The largest absolute Gasteiger partial charge is 0.444 e. The Hall–Kier alpha value is -4.06. The van der Waals surface area contributed by atoms with Crippen LogP contribution in [-0.2, 0) is 36.8 Å². The van der Waals surface area contributed by atoms with E-state index in [2.05, 4.69) is 26.6 Å². The number of thioether (sulfide) groups is 1. The smallest absolute Gasteiger partial charge is 0.408 e. The minimum Gasteiger partial charge on any atom is -0.444 e. The molecular formula is C40H55N5O6S. The fourth-order valence-electron chi connectivity index (χ4n) is 8.31. The lowest BCUT2D eigenvalue weighted by molar-refractivity contribution is -0.133. The summed E-state index contributed by atoms with van der Waals surface area (Å²) in [6.45, 7) is 4.83. The Morgan fingerprint density at radius 1 is 0.712 bits per heavy atom. The van der Waals surface area contributed by atoms with Crippen LogP contribution in [0.2, 0.25) is 0 Å². The van der Waals surface area contributed by atoms with Gasteiger partial charge in [0.05, 0.1) is 6.54 Å². The van der Waals surface area contributed by atoms with Crippen LogP contribution in [0, 0.1) is 23.7 Å². The third kappa shape index (κ3) is 11.5. The minimum atomic E-state index is -1.02. The van der Waals surface area contributed by atoms with Crippen LogP contribution in [0.1, 0.15) is 70.4 Å². The van der Waals surface area contributed by atoms with Crippen molar-refractivity contribution in [2.45, 2.75) is 102 Å². The summed E-state index contributed by atoms with van der Waals surface area (Å²) >= 11 is 1.52. The van der Waals surface area contributed by atoms with E-state index >= 15 is 0 Å². The maximum Gasteiger partial charge on any atom is 0.408 e. The monoisotopic (exact) mass is 733 g/mol. The molecule has 4 bridgehead atoms. The van der Waals surface area contributed by atoms with Crippen molar-refractivity contribution >= 4 is 41.5 Å². The van der Waals surface area contributed by atoms with E-state index in [-0.39, 0.29) is 24.9 Å². The van der Waals surface area contributed by atoms with Crippen LogP contribution in [0.4, 0.5) is 4.79 Å². The summed E-state index contributed by atoms with van der Waals surface area (Å²) in [6, 6.07) is 16.2. The molecule has 5 N–H and O–H groups in total. The molecule has 6 rings (SSSR count). The molecule has 0 heterocycles. The highest BCUT2D eigenvalue weighted by Gasteiger charge is 2.49. The van der Waals surface area contributed by atoms with E-state index < -0.39 is 47.5 Å². The van der Waals surface area contributed by atoms with Gasteiger partial charge in [-0.05, 0) is 106 Å². The van der Waals surface area contributed by atoms with Crippen molar-refractivity contribution in [3.63, 3.8) is 0 Å². The summed E-state index contributed by atoms with van der Waals surface area (Å²) in [6.07, 6.45) is 7.93. The van der Waals surface area contributed by atoms with Gasteiger partial charge in [0.15, 0.2) is 0 Å². The predicted molar refractivity (Wildman–Crippen MR) is 202 cm³/mol. The van der Waals surface area contributed by atoms with Crippen LogP contribution in [0.25, 0.3) is 0 Å². The van der Waals surface area contributed by atoms with Gasteiger partial charge in [0.25, 0.3) is 0 Å². The topological polar surface area (TPSA) is 155 Å². The molecule has 4 fully saturated rings. The lowest BCUT2D eigenvalue weighted by Crippen LogP contribution is -2.60. The second-order valence-electron chi connectivity index (χ2n) is 15.7. The highest BCUT2D eigenvalue weighted by atomic mass is 32.2. The standard InChI is InChI=1S/C40H55N5O6S/c1-40(2,3)51-39(50)44-33(23-26-13-9-6-10-14-26)37(48)43-31(15-16-52-4)36(47)41-24-34(46)42-32(22-25-11-7-5-8-12-25)38(49)45-35-29-18-27-17-28(20-29)21-30(35)19-27/h5-14,27-33,35H,15-24H2,1-4H3,(H,41,47)(H,42,46)(H,43,48)(H,44,50)(H,45,49)/t27?,28?,29?,30?,31-,32+,33+,35?/m1/s1. The molecule has 11 nitrogen and oxygen atoms in total. The molecule has 4 saturated carbocycles. The van der Waals surface area contributed by atoms with E-state index in [1.807, 2.05) is 66.9 Å². The molecular weight excluding hydrogens is 679 g/mol. The molecule has 0 spiro atoms. The zero-order chi connectivity index (χ0) is 37.3. The van der Waals surface area contributed by atoms with Gasteiger partial charge in [0.2, 0.25) is 23.6 Å². The third-order valence-electron chi connectivity index (χ3n) is 10.4. The molecule has 4 aliphatic rings. The molecule has 2 aromatic rings. The van der Waals surface area contributed by atoms with Crippen LogP contribution < -0.4 is 26.6 Å². The molecule has 4 aliphatic carbocycles. The summed E-state index contributed by atoms with van der Waals surface area (Å²) < 4.78 is 5.41. The number of nitrogens with one attached hydrogen (secondary N) is 5. The SMILES string of the molecule is CSCC[C@@H](NC(=O)[C@H](Cc1ccccc1)NC(=O)OC(C)(C)C)C(=O)NCC(=O)N[C@@H](Cc1ccccc1)C(=O)NC1C2CC3CC(C2)CC1C3. The van der Waals surface area contributed by atoms with Gasteiger partial charge in [-0.2, -0.15) is 11.8 Å². The quantitative estimate of drug-likeness (QED) is 0.174. The maximum absolute atomic E-state index is 13.8. The van der Waals surface area contributed by atoms with E-state index in [1.54, 1.807) is 20.8 Å². The van der Waals surface area contributed by atoms with E-state index in [9.17, 15) is 24.0 Å². The van der Waals surface area contributed by atoms with Crippen molar-refractivity contribution in [2.24, 2.45) is 23.7 Å². The maximum atomic E-state index is 13.8. The summed E-state index contributed by atoms with van der Waals surface area (Å²) in [7, 11) is 0. The third-order valence-corrected chi connectivity index (χ3v) is 11.1. The highest BCUT2D eigenvalue weighted by Crippen LogP contribution is 2.53. The Labute approximate surface area is 311 Å². The van der Waals surface area contributed by atoms with Crippen LogP contribution >= 0.6 is 11.8 Å². The van der Waals surface area contributed by atoms with Crippen molar-refractivity contribution in [1.29, 1.82) is 0 Å². The van der Waals surface area contributed by atoms with Crippen molar-refractivity contribution in [3.8, 4) is 0 Å². The first kappa shape index (κ1) is 39.2. The van der Waals surface area contributed by atoms with Crippen molar-refractivity contribution in [3.05, 3.63) is 71.8 Å². The second-order valence-corrected chi connectivity index (χ2v) is 16.7. The minimum absolute atomic E-state index is 0.131. The van der Waals surface area contributed by atoms with Crippen molar-refractivity contribution in [2.75, 3.05) is 18.6 Å². The Kier molecular flexibility index (Phi) is 13.6. The van der Waals surface area contributed by atoms with Gasteiger partial charge in [-0.1, -0.05) is 60.7 Å². The predicted octanol–water partition coefficient (Wildman–Crippen LogP) is 4.14. The van der Waals surface area contributed by atoms with Crippen molar-refractivity contribution < 1.29 is 28.7 Å². The van der Waals surface area contributed by atoms with Crippen LogP contribution in [0.15, 0.2) is 60.7 Å². The number of carbonyl (C=O) groups excluding carboxylic acids is 5. The average molecular weight is 734 g/mol. The number of carbonyl (C=O) groups is 5. The first-order valence-electron chi connectivity index (χ1n) is 18.6. The zero-order valence-corrected chi connectivity index (χ0v) is 31.6. The van der Waals surface area contributed by atoms with Gasteiger partial charge < -0.3 is 31.3 Å². The fraction of sp³-hybridized carbons (Fsp3) is 0.575. The first-order chi connectivity index (χ1) is 24.9. The normalized spacial score (nSPS) is 23.4. The summed E-state index contributed by atoms with van der Waals surface area (Å²) in [4.78, 5) is 66.9. The number of alkyl carbamates (subject to hydrolysis) is 1. The van der Waals surface area contributed by atoms with E-state index in [4.69, 9.17) is 4.74 Å². The first-order valence-corrected chi connectivity index (χ1v) is 20.0. The number of benzene rings is 2. The molecule has 0 aliphatic heterocycles. The Morgan fingerprint density at radius 3 is 1.77 bits per heavy atom. The number of ether oxygens (including phenoxy) is 1. The van der Waals surface area contributed by atoms with E-state index in [1.165, 1.54) is 18.2 Å². The van der Waals surface area contributed by atoms with Gasteiger partial charge in [-0.3, -0.25) is 19.2 Å². The molecule has 12 heteroatoms. The molecule has 3 atom stereocenters. The van der Waals surface area contributed by atoms with E-state index in [0.29, 0.717) is 30.4 Å². The fourth-order valence-corrected chi connectivity index (χ4v) is 8.78. The Bertz CT molecular complexity index is 1510. The van der Waals surface area contributed by atoms with Gasteiger partial charge in [-0.15, -0.1) is 0 Å². The molecule has 52 heavy (non-hydrogen) atoms. The highest BCUT2D eigenvalue weighted by molar-refractivity contribution is 7.98. The molecule has 0 aromatic heterocycles. The molecule has 5 amide bonds. The summed E-state index contributed by atoms with van der Waals surface area (Å²) in [5.74, 6) is 1.32. The number of amides is 5. The van der Waals surface area contributed by atoms with Crippen LogP contribution in [0.5, 0.6) is 0 Å². The molecule has 0 unspecified atom stereocenters. The lowest BCUT2D eigenvalue weighted by atomic mass is 9.54. The second kappa shape index (κ2) is 18.1. The van der Waals surface area contributed by atoms with Crippen molar-refractivity contribution in [1.82, 2.24) is 26.6 Å².